The Hall–Kier alpha value is -1.55. The van der Waals surface area contributed by atoms with E-state index in [0.717, 1.165) is 35.4 Å². The van der Waals surface area contributed by atoms with Crippen molar-refractivity contribution in [2.45, 2.75) is 45.1 Å². The molecule has 1 aliphatic carbocycles. The first-order valence-corrected chi connectivity index (χ1v) is 6.81. The molecular formula is C15H21NO3. The zero-order valence-corrected chi connectivity index (χ0v) is 11.5. The Morgan fingerprint density at radius 3 is 2.63 bits per heavy atom. The fraction of sp³-hybridized carbons (Fsp3) is 0.533. The Morgan fingerprint density at radius 2 is 2.00 bits per heavy atom. The van der Waals surface area contributed by atoms with Gasteiger partial charge in [-0.1, -0.05) is 19.0 Å². The molecule has 0 heterocycles. The summed E-state index contributed by atoms with van der Waals surface area (Å²) >= 11 is 0. The van der Waals surface area contributed by atoms with Gasteiger partial charge in [0.1, 0.15) is 12.4 Å². The van der Waals surface area contributed by atoms with E-state index >= 15 is 0 Å². The molecule has 0 aromatic heterocycles. The Balaban J connectivity index is 2.08. The summed E-state index contributed by atoms with van der Waals surface area (Å²) in [5, 5.41) is 22.4. The van der Waals surface area contributed by atoms with Gasteiger partial charge in [0.15, 0.2) is 0 Å². The van der Waals surface area contributed by atoms with E-state index in [-0.39, 0.29) is 0 Å². The largest absolute Gasteiger partial charge is 0.491 e. The van der Waals surface area contributed by atoms with Crippen molar-refractivity contribution in [3.63, 3.8) is 0 Å². The molecule has 0 bridgehead atoms. The third-order valence-corrected chi connectivity index (χ3v) is 3.96. The molecule has 1 aromatic rings. The van der Waals surface area contributed by atoms with Crippen LogP contribution in [0.25, 0.3) is 0 Å². The number of aryl methyl sites for hydroxylation is 1. The highest BCUT2D eigenvalue weighted by molar-refractivity contribution is 6.04. The molecule has 104 valence electrons. The smallest absolute Gasteiger partial charge is 0.119 e. The molecule has 4 heteroatoms. The van der Waals surface area contributed by atoms with E-state index in [1.165, 1.54) is 0 Å². The van der Waals surface area contributed by atoms with Gasteiger partial charge >= 0.3 is 0 Å². The van der Waals surface area contributed by atoms with E-state index < -0.39 is 5.60 Å². The number of hydrogen-bond acceptors (Lipinski definition) is 4. The SMILES string of the molecule is CCC(O)(CC)COc1ccc2c(c1)CC/C2=N\O. The van der Waals surface area contributed by atoms with Crippen LogP contribution in [-0.2, 0) is 6.42 Å². The zero-order valence-electron chi connectivity index (χ0n) is 11.5. The van der Waals surface area contributed by atoms with E-state index in [1.807, 2.05) is 32.0 Å². The molecule has 2 rings (SSSR count). The van der Waals surface area contributed by atoms with Crippen molar-refractivity contribution in [3.8, 4) is 5.75 Å². The van der Waals surface area contributed by atoms with Crippen LogP contribution in [0.2, 0.25) is 0 Å². The second kappa shape index (κ2) is 5.61. The number of aliphatic hydroxyl groups is 1. The van der Waals surface area contributed by atoms with Gasteiger partial charge in [-0.3, -0.25) is 0 Å². The van der Waals surface area contributed by atoms with E-state index in [4.69, 9.17) is 9.94 Å². The number of ether oxygens (including phenoxy) is 1. The number of benzene rings is 1. The molecule has 0 unspecified atom stereocenters. The van der Waals surface area contributed by atoms with Gasteiger partial charge in [0.25, 0.3) is 0 Å². The highest BCUT2D eigenvalue weighted by Gasteiger charge is 2.24. The molecule has 0 saturated heterocycles. The van der Waals surface area contributed by atoms with Crippen LogP contribution in [-0.4, -0.2) is 28.2 Å². The lowest BCUT2D eigenvalue weighted by molar-refractivity contribution is -0.0113. The van der Waals surface area contributed by atoms with Crippen LogP contribution in [0.15, 0.2) is 23.4 Å². The van der Waals surface area contributed by atoms with Gasteiger partial charge in [-0.25, -0.2) is 0 Å². The van der Waals surface area contributed by atoms with Crippen molar-refractivity contribution in [1.29, 1.82) is 0 Å². The Bertz CT molecular complexity index is 478. The number of fused-ring (bicyclic) bond motifs is 1. The summed E-state index contributed by atoms with van der Waals surface area (Å²) in [6.45, 7) is 4.22. The molecule has 0 amide bonds. The Labute approximate surface area is 113 Å². The fourth-order valence-corrected chi connectivity index (χ4v) is 2.31. The number of nitrogens with zero attached hydrogens (tertiary/aromatic N) is 1. The lowest BCUT2D eigenvalue weighted by atomic mass is 9.99. The molecule has 19 heavy (non-hydrogen) atoms. The van der Waals surface area contributed by atoms with Crippen molar-refractivity contribution in [1.82, 2.24) is 0 Å². The zero-order chi connectivity index (χ0) is 13.9. The van der Waals surface area contributed by atoms with Crippen LogP contribution in [0.5, 0.6) is 5.75 Å². The lowest BCUT2D eigenvalue weighted by Gasteiger charge is -2.25. The second-order valence-corrected chi connectivity index (χ2v) is 5.09. The van der Waals surface area contributed by atoms with Gasteiger partial charge in [-0.2, -0.15) is 0 Å². The molecule has 0 fully saturated rings. The third kappa shape index (κ3) is 2.89. The van der Waals surface area contributed by atoms with E-state index in [0.29, 0.717) is 19.4 Å². The normalized spacial score (nSPS) is 16.7. The van der Waals surface area contributed by atoms with Gasteiger partial charge in [0.05, 0.1) is 11.3 Å². The summed E-state index contributed by atoms with van der Waals surface area (Å²) in [5.41, 5.74) is 2.12. The van der Waals surface area contributed by atoms with Gasteiger partial charge in [0.2, 0.25) is 0 Å². The van der Waals surface area contributed by atoms with Crippen LogP contribution < -0.4 is 4.74 Å². The van der Waals surface area contributed by atoms with Crippen LogP contribution in [0, 0.1) is 0 Å². The molecule has 4 nitrogen and oxygen atoms in total. The minimum atomic E-state index is -0.753. The number of oxime groups is 1. The first kappa shape index (κ1) is 13.9. The molecule has 2 N–H and O–H groups in total. The predicted octanol–water partition coefficient (Wildman–Crippen LogP) is 2.74. The summed E-state index contributed by atoms with van der Waals surface area (Å²) in [6.07, 6.45) is 2.99. The fourth-order valence-electron chi connectivity index (χ4n) is 2.31. The summed E-state index contributed by atoms with van der Waals surface area (Å²) < 4.78 is 5.69. The van der Waals surface area contributed by atoms with Crippen LogP contribution in [0.4, 0.5) is 0 Å². The first-order valence-electron chi connectivity index (χ1n) is 6.81. The molecule has 0 saturated carbocycles. The third-order valence-electron chi connectivity index (χ3n) is 3.96. The average Bonchev–Trinajstić information content (AvgIpc) is 2.87. The van der Waals surface area contributed by atoms with Crippen LogP contribution in [0.3, 0.4) is 0 Å². The van der Waals surface area contributed by atoms with Crippen molar-refractivity contribution in [2.24, 2.45) is 5.16 Å². The summed E-state index contributed by atoms with van der Waals surface area (Å²) in [7, 11) is 0. The maximum absolute atomic E-state index is 10.2. The molecule has 0 spiro atoms. The Morgan fingerprint density at radius 1 is 1.26 bits per heavy atom. The predicted molar refractivity (Wildman–Crippen MR) is 74.1 cm³/mol. The molecule has 0 aliphatic heterocycles. The van der Waals surface area contributed by atoms with Gasteiger partial charge in [-0.05, 0) is 49.4 Å². The lowest BCUT2D eigenvalue weighted by Crippen LogP contribution is -2.34. The van der Waals surface area contributed by atoms with Gasteiger partial charge in [-0.15, -0.1) is 0 Å². The van der Waals surface area contributed by atoms with E-state index in [2.05, 4.69) is 5.16 Å². The second-order valence-electron chi connectivity index (χ2n) is 5.09. The first-order chi connectivity index (χ1) is 9.11. The van der Waals surface area contributed by atoms with Crippen molar-refractivity contribution in [3.05, 3.63) is 29.3 Å². The average molecular weight is 263 g/mol. The minimum Gasteiger partial charge on any atom is -0.491 e. The van der Waals surface area contributed by atoms with Gasteiger partial charge < -0.3 is 15.1 Å². The Kier molecular flexibility index (Phi) is 4.10. The van der Waals surface area contributed by atoms with Gasteiger partial charge in [0, 0.05) is 5.56 Å². The van der Waals surface area contributed by atoms with Crippen molar-refractivity contribution in [2.75, 3.05) is 6.61 Å². The standard InChI is InChI=1S/C15H21NO3/c1-3-15(17,4-2)10-19-12-6-7-13-11(9-12)5-8-14(13)16-18/h6-7,9,17-18H,3-5,8,10H2,1-2H3/b16-14+. The molecule has 0 atom stereocenters. The molecule has 1 aliphatic rings. The van der Waals surface area contributed by atoms with Crippen LogP contribution >= 0.6 is 0 Å². The highest BCUT2D eigenvalue weighted by atomic mass is 16.5. The monoisotopic (exact) mass is 263 g/mol. The minimum absolute atomic E-state index is 0.305. The molecule has 1 aromatic carbocycles. The number of rotatable bonds is 5. The number of hydrogen-bond donors (Lipinski definition) is 2. The van der Waals surface area contributed by atoms with Crippen molar-refractivity contribution < 1.29 is 15.1 Å². The molecular weight excluding hydrogens is 242 g/mol. The van der Waals surface area contributed by atoms with Crippen LogP contribution in [0.1, 0.15) is 44.2 Å². The maximum atomic E-state index is 10.2. The van der Waals surface area contributed by atoms with E-state index in [9.17, 15) is 5.11 Å². The summed E-state index contributed by atoms with van der Waals surface area (Å²) in [6, 6.07) is 5.75. The maximum Gasteiger partial charge on any atom is 0.119 e. The quantitative estimate of drug-likeness (QED) is 0.634. The molecule has 0 radical (unpaired) electrons. The highest BCUT2D eigenvalue weighted by Crippen LogP contribution is 2.27. The summed E-state index contributed by atoms with van der Waals surface area (Å²) in [5.74, 6) is 0.762. The van der Waals surface area contributed by atoms with E-state index in [1.54, 1.807) is 0 Å². The summed E-state index contributed by atoms with van der Waals surface area (Å²) in [4.78, 5) is 0. The topological polar surface area (TPSA) is 62.0 Å². The van der Waals surface area contributed by atoms with Crippen molar-refractivity contribution >= 4 is 5.71 Å².